The lowest BCUT2D eigenvalue weighted by molar-refractivity contribution is 0.290. The predicted molar refractivity (Wildman–Crippen MR) is 78.9 cm³/mol. The van der Waals surface area contributed by atoms with Gasteiger partial charge in [0.05, 0.1) is 5.75 Å². The van der Waals surface area contributed by atoms with E-state index in [2.05, 4.69) is 0 Å². The first kappa shape index (κ1) is 14.8. The Kier molecular flexibility index (Phi) is 5.25. The van der Waals surface area contributed by atoms with Crippen LogP contribution in [0, 0.1) is 5.92 Å². The van der Waals surface area contributed by atoms with Crippen LogP contribution in [0.3, 0.4) is 0 Å². The van der Waals surface area contributed by atoms with E-state index in [1.54, 1.807) is 4.31 Å². The molecule has 2 rings (SSSR count). The van der Waals surface area contributed by atoms with Gasteiger partial charge in [0.15, 0.2) is 0 Å². The molecule has 0 N–H and O–H groups in total. The molecule has 5 heteroatoms. The molecule has 0 unspecified atom stereocenters. The number of rotatable bonds is 5. The summed E-state index contributed by atoms with van der Waals surface area (Å²) in [5.41, 5.74) is 1.07. The minimum Gasteiger partial charge on any atom is -0.212 e. The molecule has 0 radical (unpaired) electrons. The Morgan fingerprint density at radius 3 is 2.37 bits per heavy atom. The summed E-state index contributed by atoms with van der Waals surface area (Å²) < 4.78 is 26.1. The lowest BCUT2D eigenvalue weighted by atomic mass is 10.0. The third kappa shape index (κ3) is 4.20. The Labute approximate surface area is 120 Å². The van der Waals surface area contributed by atoms with Crippen LogP contribution < -0.4 is 0 Å². The van der Waals surface area contributed by atoms with Gasteiger partial charge in [-0.1, -0.05) is 30.3 Å². The second-order valence-electron chi connectivity index (χ2n) is 5.05. The monoisotopic (exact) mass is 301 g/mol. The number of halogens is 1. The number of hydrogen-bond acceptors (Lipinski definition) is 2. The Morgan fingerprint density at radius 2 is 1.79 bits per heavy atom. The highest BCUT2D eigenvalue weighted by Crippen LogP contribution is 2.21. The van der Waals surface area contributed by atoms with Crippen LogP contribution in [0.25, 0.3) is 0 Å². The molecule has 1 aliphatic heterocycles. The topological polar surface area (TPSA) is 37.4 Å². The summed E-state index contributed by atoms with van der Waals surface area (Å²) in [5.74, 6) is 1.31. The van der Waals surface area contributed by atoms with Gasteiger partial charge in [0.25, 0.3) is 0 Å². The van der Waals surface area contributed by atoms with E-state index < -0.39 is 10.0 Å². The Bertz CT molecular complexity index is 481. The van der Waals surface area contributed by atoms with Crippen molar-refractivity contribution in [3.05, 3.63) is 35.9 Å². The van der Waals surface area contributed by atoms with Crippen molar-refractivity contribution in [2.45, 2.75) is 19.3 Å². The molecular formula is C14H20ClNO2S. The van der Waals surface area contributed by atoms with Crippen molar-refractivity contribution in [2.75, 3.05) is 24.7 Å². The van der Waals surface area contributed by atoms with Crippen LogP contribution in [0.1, 0.15) is 18.4 Å². The van der Waals surface area contributed by atoms with Gasteiger partial charge in [0.2, 0.25) is 10.0 Å². The van der Waals surface area contributed by atoms with Gasteiger partial charge >= 0.3 is 0 Å². The molecule has 0 amide bonds. The van der Waals surface area contributed by atoms with Crippen LogP contribution in [0.5, 0.6) is 0 Å². The average molecular weight is 302 g/mol. The molecule has 1 aliphatic rings. The molecular weight excluding hydrogens is 282 g/mol. The van der Waals surface area contributed by atoms with E-state index in [1.165, 1.54) is 0 Å². The van der Waals surface area contributed by atoms with Crippen molar-refractivity contribution >= 4 is 21.6 Å². The van der Waals surface area contributed by atoms with E-state index in [4.69, 9.17) is 11.6 Å². The van der Waals surface area contributed by atoms with Gasteiger partial charge in [-0.25, -0.2) is 12.7 Å². The summed E-state index contributed by atoms with van der Waals surface area (Å²) >= 11 is 5.82. The van der Waals surface area contributed by atoms with Crippen LogP contribution in [-0.4, -0.2) is 37.4 Å². The maximum Gasteiger partial charge on any atom is 0.214 e. The molecule has 0 aliphatic carbocycles. The lowest BCUT2D eigenvalue weighted by Gasteiger charge is -2.30. The molecule has 1 heterocycles. The normalized spacial score (nSPS) is 18.6. The number of sulfonamides is 1. The van der Waals surface area contributed by atoms with Crippen LogP contribution in [0.2, 0.25) is 0 Å². The van der Waals surface area contributed by atoms with Crippen molar-refractivity contribution in [3.8, 4) is 0 Å². The number of piperidine rings is 1. The Morgan fingerprint density at radius 1 is 1.16 bits per heavy atom. The van der Waals surface area contributed by atoms with Crippen LogP contribution in [0.15, 0.2) is 30.3 Å². The molecule has 19 heavy (non-hydrogen) atoms. The van der Waals surface area contributed by atoms with Crippen molar-refractivity contribution in [3.63, 3.8) is 0 Å². The van der Waals surface area contributed by atoms with Crippen molar-refractivity contribution in [1.29, 1.82) is 0 Å². The van der Waals surface area contributed by atoms with Crippen molar-refractivity contribution in [1.82, 2.24) is 4.31 Å². The second-order valence-corrected chi connectivity index (χ2v) is 7.45. The van der Waals surface area contributed by atoms with Gasteiger partial charge in [0.1, 0.15) is 0 Å². The molecule has 106 valence electrons. The van der Waals surface area contributed by atoms with E-state index in [0.717, 1.165) is 18.4 Å². The molecule has 0 aromatic heterocycles. The molecule has 1 fully saturated rings. The van der Waals surface area contributed by atoms with Gasteiger partial charge in [0, 0.05) is 19.0 Å². The molecule has 0 atom stereocenters. The number of alkyl halides is 1. The Hall–Kier alpha value is -0.580. The van der Waals surface area contributed by atoms with Gasteiger partial charge in [-0.15, -0.1) is 11.6 Å². The van der Waals surface area contributed by atoms with Gasteiger partial charge < -0.3 is 0 Å². The fourth-order valence-electron chi connectivity index (χ4n) is 2.36. The molecule has 1 aromatic carbocycles. The third-order valence-corrected chi connectivity index (χ3v) is 5.99. The van der Waals surface area contributed by atoms with E-state index in [-0.39, 0.29) is 5.75 Å². The minimum absolute atomic E-state index is 0.197. The summed E-state index contributed by atoms with van der Waals surface area (Å²) in [6.07, 6.45) is 2.35. The summed E-state index contributed by atoms with van der Waals surface area (Å²) in [7, 11) is -3.12. The number of hydrogen-bond donors (Lipinski definition) is 0. The third-order valence-electron chi connectivity index (χ3n) is 3.68. The van der Waals surface area contributed by atoms with Gasteiger partial charge in [-0.2, -0.15) is 0 Å². The van der Waals surface area contributed by atoms with E-state index in [0.29, 0.717) is 31.3 Å². The summed E-state index contributed by atoms with van der Waals surface area (Å²) in [6, 6.07) is 9.75. The average Bonchev–Trinajstić information content (AvgIpc) is 2.46. The first-order valence-electron chi connectivity index (χ1n) is 6.69. The maximum absolute atomic E-state index is 12.2. The molecule has 0 bridgehead atoms. The molecule has 3 nitrogen and oxygen atoms in total. The minimum atomic E-state index is -3.12. The fraction of sp³-hybridized carbons (Fsp3) is 0.571. The van der Waals surface area contributed by atoms with Crippen LogP contribution in [-0.2, 0) is 16.4 Å². The van der Waals surface area contributed by atoms with Crippen molar-refractivity contribution < 1.29 is 8.42 Å². The second kappa shape index (κ2) is 6.73. The highest BCUT2D eigenvalue weighted by Gasteiger charge is 2.27. The predicted octanol–water partition coefficient (Wildman–Crippen LogP) is 2.51. The number of nitrogens with zero attached hydrogens (tertiary/aromatic N) is 1. The zero-order valence-electron chi connectivity index (χ0n) is 11.0. The largest absolute Gasteiger partial charge is 0.214 e. The van der Waals surface area contributed by atoms with Crippen LogP contribution >= 0.6 is 11.6 Å². The van der Waals surface area contributed by atoms with Gasteiger partial charge in [-0.05, 0) is 30.7 Å². The molecule has 1 aromatic rings. The first-order chi connectivity index (χ1) is 9.12. The van der Waals surface area contributed by atoms with E-state index >= 15 is 0 Å². The van der Waals surface area contributed by atoms with E-state index in [9.17, 15) is 8.42 Å². The van der Waals surface area contributed by atoms with Crippen molar-refractivity contribution in [2.24, 2.45) is 5.92 Å². The number of benzene rings is 1. The van der Waals surface area contributed by atoms with E-state index in [1.807, 2.05) is 30.3 Å². The maximum atomic E-state index is 12.2. The smallest absolute Gasteiger partial charge is 0.212 e. The fourth-order valence-corrected chi connectivity index (χ4v) is 4.19. The standard InChI is InChI=1S/C14H20ClNO2S/c15-12-14-6-9-16(10-7-14)19(17,18)11-8-13-4-2-1-3-5-13/h1-5,14H,6-12H2. The highest BCUT2D eigenvalue weighted by molar-refractivity contribution is 7.89. The molecule has 0 saturated carbocycles. The lowest BCUT2D eigenvalue weighted by Crippen LogP contribution is -2.40. The number of aryl methyl sites for hydroxylation is 1. The summed E-state index contributed by atoms with van der Waals surface area (Å²) in [4.78, 5) is 0. The molecule has 0 spiro atoms. The SMILES string of the molecule is O=S(=O)(CCc1ccccc1)N1CCC(CCl)CC1. The zero-order valence-corrected chi connectivity index (χ0v) is 12.5. The highest BCUT2D eigenvalue weighted by atomic mass is 35.5. The Balaban J connectivity index is 1.89. The summed E-state index contributed by atoms with van der Waals surface area (Å²) in [6.45, 7) is 1.24. The summed E-state index contributed by atoms with van der Waals surface area (Å²) in [5, 5.41) is 0. The molecule has 1 saturated heterocycles. The quantitative estimate of drug-likeness (QED) is 0.784. The van der Waals surface area contributed by atoms with Crippen LogP contribution in [0.4, 0.5) is 0 Å². The van der Waals surface area contributed by atoms with Gasteiger partial charge in [-0.3, -0.25) is 0 Å². The first-order valence-corrected chi connectivity index (χ1v) is 8.84. The zero-order chi connectivity index (χ0) is 13.7.